The molecule has 4 fully saturated rings. The molecule has 3 N–H and O–H groups in total. The predicted octanol–water partition coefficient (Wildman–Crippen LogP) is 1.69. The van der Waals surface area contributed by atoms with Gasteiger partial charge in [0.1, 0.15) is 18.8 Å². The summed E-state index contributed by atoms with van der Waals surface area (Å²) in [7, 11) is -3.27. The number of amides is 1. The smallest absolute Gasteiger partial charge is 0.435 e. The summed E-state index contributed by atoms with van der Waals surface area (Å²) < 4.78 is 18.2. The number of carbonyl (C=O) groups is 2. The van der Waals surface area contributed by atoms with Gasteiger partial charge in [0.15, 0.2) is 11.1 Å². The Labute approximate surface area is 256 Å². The summed E-state index contributed by atoms with van der Waals surface area (Å²) in [6.07, 6.45) is -4.73. The zero-order valence-electron chi connectivity index (χ0n) is 24.9. The Morgan fingerprint density at radius 1 is 0.932 bits per heavy atom. The molecule has 5 atom stereocenters. The second-order valence-corrected chi connectivity index (χ2v) is 17.0. The number of nitrogens with zero attached hydrogens (tertiary/aromatic N) is 1. The van der Waals surface area contributed by atoms with Crippen molar-refractivity contribution in [3.63, 3.8) is 0 Å². The van der Waals surface area contributed by atoms with Crippen LogP contribution in [0.4, 0.5) is 4.79 Å². The Morgan fingerprint density at radius 2 is 1.45 bits per heavy atom. The van der Waals surface area contributed by atoms with Gasteiger partial charge in [-0.3, -0.25) is 4.79 Å². The van der Waals surface area contributed by atoms with Crippen molar-refractivity contribution in [2.24, 2.45) is 0 Å². The molecule has 11 heteroatoms. The fourth-order valence-electron chi connectivity index (χ4n) is 6.92. The number of ketones is 1. The van der Waals surface area contributed by atoms with Crippen LogP contribution in [0, 0.1) is 0 Å². The molecule has 2 bridgehead atoms. The zero-order valence-corrected chi connectivity index (χ0v) is 25.9. The van der Waals surface area contributed by atoms with Crippen molar-refractivity contribution < 1.29 is 43.6 Å². The van der Waals surface area contributed by atoms with Crippen LogP contribution in [0.1, 0.15) is 26.3 Å². The first-order chi connectivity index (χ1) is 21.0. The summed E-state index contributed by atoms with van der Waals surface area (Å²) in [5, 5.41) is 35.9. The average molecular weight is 620 g/mol. The average Bonchev–Trinajstić information content (AvgIpc) is 3.84. The summed E-state index contributed by atoms with van der Waals surface area (Å²) in [4.78, 5) is 34.1. The minimum absolute atomic E-state index is 0.132. The van der Waals surface area contributed by atoms with Gasteiger partial charge in [-0.05, 0) is 21.0 Å². The summed E-state index contributed by atoms with van der Waals surface area (Å²) in [5.41, 5.74) is -5.50. The van der Waals surface area contributed by atoms with E-state index < -0.39 is 67.4 Å². The molecule has 7 rings (SSSR count). The molecule has 1 saturated carbocycles. The lowest BCUT2D eigenvalue weighted by molar-refractivity contribution is -0.386. The van der Waals surface area contributed by atoms with E-state index >= 15 is 0 Å². The molecule has 3 aromatic carbocycles. The second-order valence-electron chi connectivity index (χ2n) is 12.7. The van der Waals surface area contributed by atoms with E-state index in [9.17, 15) is 24.9 Å². The molecule has 44 heavy (non-hydrogen) atoms. The number of rotatable bonds is 8. The van der Waals surface area contributed by atoms with E-state index in [0.717, 1.165) is 10.4 Å². The Hall–Kier alpha value is -3.42. The van der Waals surface area contributed by atoms with E-state index in [1.807, 2.05) is 66.7 Å². The van der Waals surface area contributed by atoms with E-state index in [0.29, 0.717) is 10.6 Å². The number of hydrogen-bond acceptors (Lipinski definition) is 9. The topological polar surface area (TPSA) is 138 Å². The van der Waals surface area contributed by atoms with Gasteiger partial charge in [-0.1, -0.05) is 112 Å². The number of Topliss-reactive ketones (excluding diaryl/α,β-unsaturated/α-hetero) is 1. The Kier molecular flexibility index (Phi) is 7.57. The Bertz CT molecular complexity index is 1470. The molecule has 3 aromatic rings. The number of benzene rings is 3. The van der Waals surface area contributed by atoms with Crippen LogP contribution in [-0.2, 0) is 30.1 Å². The Balaban J connectivity index is 1.42. The van der Waals surface area contributed by atoms with Crippen molar-refractivity contribution in [2.45, 2.75) is 61.4 Å². The van der Waals surface area contributed by atoms with Gasteiger partial charge in [0.25, 0.3) is 8.32 Å². The van der Waals surface area contributed by atoms with E-state index in [4.69, 9.17) is 18.7 Å². The molecule has 1 aliphatic carbocycles. The summed E-state index contributed by atoms with van der Waals surface area (Å²) in [6, 6.07) is 28.4. The normalized spacial score (nSPS) is 29.6. The number of aliphatic hydroxyl groups is 3. The number of aliphatic hydroxyl groups excluding tert-OH is 3. The fourth-order valence-corrected chi connectivity index (χ4v) is 11.5. The van der Waals surface area contributed by atoms with Gasteiger partial charge in [0.2, 0.25) is 11.4 Å². The third-order valence-corrected chi connectivity index (χ3v) is 14.3. The summed E-state index contributed by atoms with van der Waals surface area (Å²) in [6.45, 7) is 4.41. The van der Waals surface area contributed by atoms with Gasteiger partial charge in [-0.15, -0.1) is 0 Å². The quantitative estimate of drug-likeness (QED) is 0.254. The number of epoxide rings is 1. The first kappa shape index (κ1) is 30.6. The molecule has 3 heterocycles. The summed E-state index contributed by atoms with van der Waals surface area (Å²) in [5.74, 6) is -0.707. The molecule has 1 amide bonds. The van der Waals surface area contributed by atoms with Crippen molar-refractivity contribution in [1.29, 1.82) is 0 Å². The monoisotopic (exact) mass is 619 g/mol. The molecule has 0 aromatic heterocycles. The van der Waals surface area contributed by atoms with E-state index in [-0.39, 0.29) is 13.2 Å². The van der Waals surface area contributed by atoms with Crippen molar-refractivity contribution in [2.75, 3.05) is 19.8 Å². The predicted molar refractivity (Wildman–Crippen MR) is 161 cm³/mol. The van der Waals surface area contributed by atoms with E-state index in [1.165, 1.54) is 0 Å². The van der Waals surface area contributed by atoms with Crippen LogP contribution in [0.3, 0.4) is 0 Å². The van der Waals surface area contributed by atoms with Crippen LogP contribution in [-0.4, -0.2) is 89.3 Å². The van der Waals surface area contributed by atoms with Crippen LogP contribution in [0.15, 0.2) is 91.0 Å². The first-order valence-corrected chi connectivity index (χ1v) is 16.5. The Morgan fingerprint density at radius 3 is 1.93 bits per heavy atom. The van der Waals surface area contributed by atoms with E-state index in [1.54, 1.807) is 24.3 Å². The van der Waals surface area contributed by atoms with Crippen LogP contribution in [0.2, 0.25) is 5.04 Å². The van der Waals surface area contributed by atoms with Gasteiger partial charge in [0, 0.05) is 0 Å². The lowest BCUT2D eigenvalue weighted by atomic mass is 9.61. The highest BCUT2D eigenvalue weighted by atomic mass is 28.4. The molecule has 0 radical (unpaired) electrons. The molecule has 4 aliphatic rings. The maximum atomic E-state index is 14.3. The van der Waals surface area contributed by atoms with Gasteiger partial charge in [-0.2, -0.15) is 5.06 Å². The highest BCUT2D eigenvalue weighted by Gasteiger charge is 2.87. The van der Waals surface area contributed by atoms with Crippen LogP contribution in [0.5, 0.6) is 0 Å². The minimum Gasteiger partial charge on any atom is -0.443 e. The van der Waals surface area contributed by atoms with Crippen LogP contribution in [0.25, 0.3) is 0 Å². The lowest BCUT2D eigenvalue weighted by Crippen LogP contribution is -2.90. The number of carbonyl (C=O) groups excluding carboxylic acids is 2. The molecule has 1 spiro atoms. The highest BCUT2D eigenvalue weighted by Crippen LogP contribution is 2.58. The first-order valence-electron chi connectivity index (χ1n) is 14.6. The second kappa shape index (κ2) is 10.9. The number of ether oxygens (including phenoxy) is 2. The maximum Gasteiger partial charge on any atom is 0.435 e. The van der Waals surface area contributed by atoms with Crippen LogP contribution < -0.4 is 10.4 Å². The minimum atomic E-state index is -3.27. The van der Waals surface area contributed by atoms with Crippen molar-refractivity contribution in [3.05, 3.63) is 96.6 Å². The maximum absolute atomic E-state index is 14.3. The SMILES string of the molecule is CC(C)(C)[Si](OC[C@]12ON(C(=O)OCc3ccccc3)[C@](CO)([C@@H](O)[C@H]1O)[C@@]1(CO1)C2=O)(c1ccccc1)c1ccccc1. The highest BCUT2D eigenvalue weighted by molar-refractivity contribution is 6.99. The molecular formula is C33H37NO9Si. The van der Waals surface area contributed by atoms with E-state index in [2.05, 4.69) is 20.8 Å². The van der Waals surface area contributed by atoms with Gasteiger partial charge >= 0.3 is 6.09 Å². The molecule has 10 nitrogen and oxygen atoms in total. The molecule has 0 unspecified atom stereocenters. The summed E-state index contributed by atoms with van der Waals surface area (Å²) >= 11 is 0. The standard InChI is InChI=1S/C33H37NO9Si/c1-30(2,3)44(24-15-9-5-10-16-24,25-17-11-6-12-18-25)42-21-31-26(36)27(37)32(20-35,33(22-41-33)28(31)38)34(43-31)29(39)40-19-23-13-7-4-8-14-23/h4-18,26-27,35-37H,19-22H2,1-3H3/t26-,27+,31+,32-,33-/m1/s1. The molecule has 3 saturated heterocycles. The van der Waals surface area contributed by atoms with Gasteiger partial charge < -0.3 is 29.2 Å². The van der Waals surface area contributed by atoms with Gasteiger partial charge in [-0.25, -0.2) is 9.63 Å². The molecular weight excluding hydrogens is 582 g/mol. The van der Waals surface area contributed by atoms with Crippen LogP contribution >= 0.6 is 0 Å². The number of hydroxylamine groups is 2. The van der Waals surface area contributed by atoms with Crippen molar-refractivity contribution in [3.8, 4) is 0 Å². The number of hydrogen-bond donors (Lipinski definition) is 3. The number of fused-ring (bicyclic) bond motifs is 2. The third-order valence-electron chi connectivity index (χ3n) is 9.30. The van der Waals surface area contributed by atoms with Gasteiger partial charge in [0.05, 0.1) is 19.8 Å². The molecule has 3 aliphatic heterocycles. The van der Waals surface area contributed by atoms with Crippen molar-refractivity contribution >= 4 is 30.6 Å². The zero-order chi connectivity index (χ0) is 31.4. The van der Waals surface area contributed by atoms with Crippen molar-refractivity contribution in [1.82, 2.24) is 5.06 Å². The molecule has 232 valence electrons. The lowest BCUT2D eigenvalue weighted by Gasteiger charge is -2.62. The largest absolute Gasteiger partial charge is 0.443 e. The fraction of sp³-hybridized carbons (Fsp3) is 0.394. The third kappa shape index (κ3) is 4.22.